The number of thioether (sulfide) groups is 1. The van der Waals surface area contributed by atoms with Crippen LogP contribution in [-0.4, -0.2) is 21.3 Å². The Balaban J connectivity index is 1.66. The fourth-order valence-corrected chi connectivity index (χ4v) is 3.60. The molecule has 2 heterocycles. The van der Waals surface area contributed by atoms with E-state index in [0.29, 0.717) is 0 Å². The number of nitrogens with zero attached hydrogens (tertiary/aromatic N) is 2. The second-order valence-corrected chi connectivity index (χ2v) is 6.94. The summed E-state index contributed by atoms with van der Waals surface area (Å²) >= 11 is 1.38. The number of amides is 1. The van der Waals surface area contributed by atoms with Gasteiger partial charge in [-0.2, -0.15) is 0 Å². The molecule has 1 atom stereocenters. The van der Waals surface area contributed by atoms with Gasteiger partial charge >= 0.3 is 0 Å². The molecule has 1 amide bonds. The molecule has 0 spiro atoms. The molecule has 6 heteroatoms. The molecule has 1 aliphatic rings. The third kappa shape index (κ3) is 3.14. The minimum atomic E-state index is -0.461. The van der Waals surface area contributed by atoms with Crippen LogP contribution < -0.4 is 5.32 Å². The van der Waals surface area contributed by atoms with E-state index in [2.05, 4.69) is 10.3 Å². The normalized spacial score (nSPS) is 15.4. The lowest BCUT2D eigenvalue weighted by molar-refractivity contribution is -0.120. The van der Waals surface area contributed by atoms with E-state index in [-0.39, 0.29) is 17.8 Å². The van der Waals surface area contributed by atoms with Crippen LogP contribution in [0.5, 0.6) is 0 Å². The molecule has 4 nitrogen and oxygen atoms in total. The zero-order valence-electron chi connectivity index (χ0n) is 12.9. The average molecular weight is 341 g/mol. The van der Waals surface area contributed by atoms with Crippen molar-refractivity contribution in [2.45, 2.75) is 29.3 Å². The fourth-order valence-electron chi connectivity index (χ4n) is 2.53. The number of fused-ring (bicyclic) bond motifs is 1. The molecule has 0 saturated heterocycles. The molecule has 122 valence electrons. The number of carbonyl (C=O) groups is 1. The number of hydrogen-bond acceptors (Lipinski definition) is 3. The first-order valence-corrected chi connectivity index (χ1v) is 8.73. The van der Waals surface area contributed by atoms with Gasteiger partial charge in [-0.3, -0.25) is 9.20 Å². The van der Waals surface area contributed by atoms with Gasteiger partial charge in [0.25, 0.3) is 0 Å². The highest BCUT2D eigenvalue weighted by atomic mass is 32.2. The molecule has 0 unspecified atom stereocenters. The van der Waals surface area contributed by atoms with Crippen molar-refractivity contribution in [1.82, 2.24) is 14.7 Å². The second-order valence-electron chi connectivity index (χ2n) is 5.87. The van der Waals surface area contributed by atoms with E-state index in [1.165, 1.54) is 23.9 Å². The highest BCUT2D eigenvalue weighted by Crippen LogP contribution is 2.36. The number of pyridine rings is 1. The van der Waals surface area contributed by atoms with Gasteiger partial charge in [0, 0.05) is 12.2 Å². The van der Waals surface area contributed by atoms with Gasteiger partial charge < -0.3 is 5.32 Å². The average Bonchev–Trinajstić information content (AvgIpc) is 3.32. The standard InChI is InChI=1S/C18H16FN3OS/c19-13-6-4-12(5-7-13)16(17(23)21-14-8-9-14)24-18-20-11-15-3-1-2-10-22(15)18/h1-7,10-11,14,16H,8-9H2,(H,21,23)/t16-/m1/s1. The Hall–Kier alpha value is -2.34. The van der Waals surface area contributed by atoms with Crippen LogP contribution in [0.15, 0.2) is 60.0 Å². The summed E-state index contributed by atoms with van der Waals surface area (Å²) in [6.45, 7) is 0. The van der Waals surface area contributed by atoms with Crippen LogP contribution in [0.3, 0.4) is 0 Å². The lowest BCUT2D eigenvalue weighted by Crippen LogP contribution is -2.29. The van der Waals surface area contributed by atoms with Crippen molar-refractivity contribution in [3.05, 3.63) is 66.2 Å². The monoisotopic (exact) mass is 341 g/mol. The molecule has 1 fully saturated rings. The molecule has 0 bridgehead atoms. The maximum atomic E-state index is 13.2. The van der Waals surface area contributed by atoms with Gasteiger partial charge in [0.05, 0.1) is 11.7 Å². The number of hydrogen-bond donors (Lipinski definition) is 1. The van der Waals surface area contributed by atoms with E-state index in [9.17, 15) is 9.18 Å². The Morgan fingerprint density at radius 2 is 2.04 bits per heavy atom. The van der Waals surface area contributed by atoms with Crippen molar-refractivity contribution in [3.63, 3.8) is 0 Å². The Kier molecular flexibility index (Phi) is 3.98. The van der Waals surface area contributed by atoms with E-state index in [1.54, 1.807) is 18.3 Å². The van der Waals surface area contributed by atoms with Crippen LogP contribution in [0.1, 0.15) is 23.7 Å². The smallest absolute Gasteiger partial charge is 0.238 e. The summed E-state index contributed by atoms with van der Waals surface area (Å²) in [5.74, 6) is -0.363. The van der Waals surface area contributed by atoms with Crippen LogP contribution in [0, 0.1) is 5.82 Å². The Bertz CT molecular complexity index is 873. The van der Waals surface area contributed by atoms with E-state index in [1.807, 2.05) is 28.8 Å². The molecule has 1 saturated carbocycles. The summed E-state index contributed by atoms with van der Waals surface area (Å²) in [4.78, 5) is 17.1. The number of halogens is 1. The maximum absolute atomic E-state index is 13.2. The summed E-state index contributed by atoms with van der Waals surface area (Å²) < 4.78 is 15.2. The minimum Gasteiger partial charge on any atom is -0.352 e. The van der Waals surface area contributed by atoms with Crippen LogP contribution in [0.25, 0.3) is 5.52 Å². The summed E-state index contributed by atoms with van der Waals surface area (Å²) in [6, 6.07) is 12.2. The molecule has 1 N–H and O–H groups in total. The molecular formula is C18H16FN3OS. The van der Waals surface area contributed by atoms with E-state index >= 15 is 0 Å². The minimum absolute atomic E-state index is 0.0539. The largest absolute Gasteiger partial charge is 0.352 e. The Morgan fingerprint density at radius 3 is 2.79 bits per heavy atom. The van der Waals surface area contributed by atoms with E-state index in [4.69, 9.17) is 0 Å². The quantitative estimate of drug-likeness (QED) is 0.722. The lowest BCUT2D eigenvalue weighted by Gasteiger charge is -2.16. The van der Waals surface area contributed by atoms with Crippen molar-refractivity contribution in [3.8, 4) is 0 Å². The Labute approximate surface area is 143 Å². The zero-order chi connectivity index (χ0) is 16.5. The van der Waals surface area contributed by atoms with Gasteiger partial charge in [0.2, 0.25) is 5.91 Å². The Morgan fingerprint density at radius 1 is 1.25 bits per heavy atom. The first-order chi connectivity index (χ1) is 11.7. The van der Waals surface area contributed by atoms with Crippen molar-refractivity contribution >= 4 is 23.2 Å². The number of carbonyl (C=O) groups excluding carboxylic acids is 1. The van der Waals surface area contributed by atoms with Crippen LogP contribution in [0.2, 0.25) is 0 Å². The highest BCUT2D eigenvalue weighted by Gasteiger charge is 2.30. The first-order valence-electron chi connectivity index (χ1n) is 7.85. The molecule has 1 aliphatic carbocycles. The summed E-state index contributed by atoms with van der Waals surface area (Å²) in [5, 5.41) is 3.32. The van der Waals surface area contributed by atoms with Gasteiger partial charge in [-0.1, -0.05) is 30.0 Å². The number of imidazole rings is 1. The molecule has 2 aromatic heterocycles. The number of benzene rings is 1. The van der Waals surface area contributed by atoms with Crippen LogP contribution in [0.4, 0.5) is 4.39 Å². The third-order valence-corrected chi connectivity index (χ3v) is 5.20. The van der Waals surface area contributed by atoms with Crippen molar-refractivity contribution in [2.75, 3.05) is 0 Å². The molecule has 3 aromatic rings. The van der Waals surface area contributed by atoms with Crippen molar-refractivity contribution < 1.29 is 9.18 Å². The zero-order valence-corrected chi connectivity index (χ0v) is 13.7. The van der Waals surface area contributed by atoms with Gasteiger partial charge in [-0.15, -0.1) is 0 Å². The molecule has 24 heavy (non-hydrogen) atoms. The molecule has 0 aliphatic heterocycles. The highest BCUT2D eigenvalue weighted by molar-refractivity contribution is 8.00. The second kappa shape index (κ2) is 6.28. The summed E-state index contributed by atoms with van der Waals surface area (Å²) in [7, 11) is 0. The third-order valence-electron chi connectivity index (χ3n) is 3.96. The fraction of sp³-hybridized carbons (Fsp3) is 0.222. The van der Waals surface area contributed by atoms with Gasteiger partial charge in [-0.25, -0.2) is 9.37 Å². The van der Waals surface area contributed by atoms with Gasteiger partial charge in [0.15, 0.2) is 5.16 Å². The number of aromatic nitrogens is 2. The van der Waals surface area contributed by atoms with Crippen LogP contribution >= 0.6 is 11.8 Å². The predicted octanol–water partition coefficient (Wildman–Crippen LogP) is 3.59. The van der Waals surface area contributed by atoms with Gasteiger partial charge in [-0.05, 0) is 42.7 Å². The van der Waals surface area contributed by atoms with Crippen molar-refractivity contribution in [2.24, 2.45) is 0 Å². The summed E-state index contributed by atoms with van der Waals surface area (Å²) in [6.07, 6.45) is 5.76. The maximum Gasteiger partial charge on any atom is 0.238 e. The van der Waals surface area contributed by atoms with Gasteiger partial charge in [0.1, 0.15) is 11.1 Å². The van der Waals surface area contributed by atoms with Crippen LogP contribution in [-0.2, 0) is 4.79 Å². The SMILES string of the molecule is O=C(NC1CC1)[C@H](Sc1ncc2ccccn12)c1ccc(F)cc1. The van der Waals surface area contributed by atoms with Crippen molar-refractivity contribution in [1.29, 1.82) is 0 Å². The number of rotatable bonds is 5. The van der Waals surface area contributed by atoms with E-state index < -0.39 is 5.25 Å². The lowest BCUT2D eigenvalue weighted by atomic mass is 10.1. The molecular weight excluding hydrogens is 325 g/mol. The molecule has 0 radical (unpaired) electrons. The topological polar surface area (TPSA) is 46.4 Å². The summed E-state index contributed by atoms with van der Waals surface area (Å²) in [5.41, 5.74) is 1.74. The molecule has 1 aromatic carbocycles. The predicted molar refractivity (Wildman–Crippen MR) is 91.4 cm³/mol. The van der Waals surface area contributed by atoms with E-state index in [0.717, 1.165) is 29.1 Å². The first kappa shape index (κ1) is 15.2. The molecule has 4 rings (SSSR count). The number of nitrogens with one attached hydrogen (secondary N) is 1.